The van der Waals surface area contributed by atoms with E-state index in [2.05, 4.69) is 57.6 Å². The Bertz CT molecular complexity index is 562. The van der Waals surface area contributed by atoms with E-state index in [4.69, 9.17) is 0 Å². The zero-order valence-electron chi connectivity index (χ0n) is 15.7. The second kappa shape index (κ2) is 13.2. The van der Waals surface area contributed by atoms with Crippen molar-refractivity contribution in [3.63, 3.8) is 0 Å². The van der Waals surface area contributed by atoms with E-state index >= 15 is 0 Å². The molecular formula is C21H32N4. The van der Waals surface area contributed by atoms with Gasteiger partial charge in [0.25, 0.3) is 0 Å². The molecule has 1 unspecified atom stereocenters. The minimum absolute atomic E-state index is 0.443. The molecule has 4 heteroatoms. The molecule has 25 heavy (non-hydrogen) atoms. The molecule has 0 aliphatic carbocycles. The van der Waals surface area contributed by atoms with Crippen molar-refractivity contribution in [2.75, 3.05) is 40.3 Å². The summed E-state index contributed by atoms with van der Waals surface area (Å²) in [5.74, 6) is 0. The molecule has 0 spiro atoms. The molecule has 0 radical (unpaired) electrons. The normalized spacial score (nSPS) is 19.6. The molecule has 1 rings (SSSR count). The fourth-order valence-corrected chi connectivity index (χ4v) is 2.78. The fourth-order valence-electron chi connectivity index (χ4n) is 2.78. The highest BCUT2D eigenvalue weighted by atomic mass is 15.2. The maximum atomic E-state index is 4.10. The van der Waals surface area contributed by atoms with E-state index in [1.165, 1.54) is 18.4 Å². The number of hydrogen-bond acceptors (Lipinski definition) is 4. The lowest BCUT2D eigenvalue weighted by atomic mass is 10.0. The number of hydrogen-bond donors (Lipinski definition) is 2. The van der Waals surface area contributed by atoms with Gasteiger partial charge in [0, 0.05) is 44.6 Å². The lowest BCUT2D eigenvalue weighted by Gasteiger charge is -2.34. The van der Waals surface area contributed by atoms with E-state index in [9.17, 15) is 0 Å². The van der Waals surface area contributed by atoms with Gasteiger partial charge in [-0.15, -0.1) is 5.73 Å². The maximum absolute atomic E-state index is 4.10. The van der Waals surface area contributed by atoms with Gasteiger partial charge in [0.2, 0.25) is 0 Å². The maximum Gasteiger partial charge on any atom is 0.0388 e. The minimum Gasteiger partial charge on any atom is -0.382 e. The number of likely N-dealkylation sites (tertiary alicyclic amines) is 1. The second-order valence-corrected chi connectivity index (χ2v) is 6.08. The zero-order valence-corrected chi connectivity index (χ0v) is 15.7. The molecule has 1 heterocycles. The average molecular weight is 341 g/mol. The Hall–Kier alpha value is -2.13. The molecule has 1 fully saturated rings. The fraction of sp³-hybridized carbons (Fsp3) is 0.429. The van der Waals surface area contributed by atoms with Gasteiger partial charge >= 0.3 is 0 Å². The first-order chi connectivity index (χ1) is 12.2. The summed E-state index contributed by atoms with van der Waals surface area (Å²) in [5.41, 5.74) is 4.97. The third kappa shape index (κ3) is 9.68. The molecule has 1 aliphatic rings. The highest BCUT2D eigenvalue weighted by molar-refractivity contribution is 5.73. The molecule has 0 bridgehead atoms. The van der Waals surface area contributed by atoms with Gasteiger partial charge in [0.05, 0.1) is 0 Å². The summed E-state index contributed by atoms with van der Waals surface area (Å²) in [6.07, 6.45) is 16.3. The smallest absolute Gasteiger partial charge is 0.0388 e. The van der Waals surface area contributed by atoms with Gasteiger partial charge in [0.1, 0.15) is 0 Å². The van der Waals surface area contributed by atoms with Gasteiger partial charge in [-0.2, -0.15) is 0 Å². The molecule has 4 nitrogen and oxygen atoms in total. The topological polar surface area (TPSA) is 39.7 Å². The summed E-state index contributed by atoms with van der Waals surface area (Å²) in [6.45, 7) is 11.6. The summed E-state index contributed by atoms with van der Waals surface area (Å²) >= 11 is 0. The lowest BCUT2D eigenvalue weighted by molar-refractivity contribution is 0.212. The van der Waals surface area contributed by atoms with Crippen molar-refractivity contribution in [3.05, 3.63) is 66.6 Å². The van der Waals surface area contributed by atoms with Crippen molar-refractivity contribution >= 4 is 6.21 Å². The molecular weight excluding hydrogens is 308 g/mol. The van der Waals surface area contributed by atoms with Crippen LogP contribution in [-0.2, 0) is 0 Å². The number of allylic oxidation sites excluding steroid dienone is 4. The van der Waals surface area contributed by atoms with Crippen molar-refractivity contribution in [3.8, 4) is 0 Å². The molecule has 0 saturated carbocycles. The van der Waals surface area contributed by atoms with Crippen molar-refractivity contribution in [2.45, 2.75) is 18.9 Å². The summed E-state index contributed by atoms with van der Waals surface area (Å²) < 4.78 is 0. The van der Waals surface area contributed by atoms with Crippen LogP contribution in [0, 0.1) is 0 Å². The van der Waals surface area contributed by atoms with Crippen LogP contribution in [0.4, 0.5) is 0 Å². The molecule has 0 aromatic carbocycles. The molecule has 136 valence electrons. The third-order valence-electron chi connectivity index (χ3n) is 3.90. The van der Waals surface area contributed by atoms with E-state index in [0.717, 1.165) is 31.9 Å². The van der Waals surface area contributed by atoms with Crippen LogP contribution in [0.25, 0.3) is 0 Å². The van der Waals surface area contributed by atoms with E-state index in [-0.39, 0.29) is 0 Å². The number of piperidine rings is 1. The Morgan fingerprint density at radius 3 is 2.96 bits per heavy atom. The summed E-state index contributed by atoms with van der Waals surface area (Å²) in [7, 11) is 3.72. The van der Waals surface area contributed by atoms with Gasteiger partial charge in [-0.05, 0) is 50.2 Å². The Kier molecular flexibility index (Phi) is 11.0. The monoisotopic (exact) mass is 340 g/mol. The first-order valence-electron chi connectivity index (χ1n) is 8.82. The van der Waals surface area contributed by atoms with E-state index in [0.29, 0.717) is 6.04 Å². The minimum atomic E-state index is 0.443. The molecule has 2 N–H and O–H groups in total. The quantitative estimate of drug-likeness (QED) is 0.365. The molecule has 1 saturated heterocycles. The highest BCUT2D eigenvalue weighted by Gasteiger charge is 2.19. The molecule has 0 aromatic heterocycles. The molecule has 0 amide bonds. The van der Waals surface area contributed by atoms with Gasteiger partial charge in [-0.25, -0.2) is 0 Å². The Morgan fingerprint density at radius 1 is 1.40 bits per heavy atom. The van der Waals surface area contributed by atoms with Gasteiger partial charge in [-0.1, -0.05) is 31.4 Å². The predicted octanol–water partition coefficient (Wildman–Crippen LogP) is 2.85. The van der Waals surface area contributed by atoms with Crippen LogP contribution in [0.2, 0.25) is 0 Å². The van der Waals surface area contributed by atoms with Crippen LogP contribution in [0.5, 0.6) is 0 Å². The SMILES string of the molecule is C=C=C/C=C/C(=C\C=NC)CN1CCCC(NC(=C)/C=C/CNC)C1. The van der Waals surface area contributed by atoms with Crippen LogP contribution in [0.15, 0.2) is 71.6 Å². The number of nitrogens with one attached hydrogen (secondary N) is 2. The first-order valence-corrected chi connectivity index (χ1v) is 8.82. The Balaban J connectivity index is 2.59. The Labute approximate surface area is 153 Å². The number of nitrogens with zero attached hydrogens (tertiary/aromatic N) is 2. The highest BCUT2D eigenvalue weighted by Crippen LogP contribution is 2.13. The van der Waals surface area contributed by atoms with Crippen LogP contribution < -0.4 is 10.6 Å². The molecule has 1 aliphatic heterocycles. The largest absolute Gasteiger partial charge is 0.382 e. The Morgan fingerprint density at radius 2 is 2.24 bits per heavy atom. The van der Waals surface area contributed by atoms with E-state index in [1.54, 1.807) is 7.05 Å². The van der Waals surface area contributed by atoms with Crippen LogP contribution in [0.1, 0.15) is 12.8 Å². The van der Waals surface area contributed by atoms with E-state index in [1.807, 2.05) is 31.5 Å². The summed E-state index contributed by atoms with van der Waals surface area (Å²) in [5, 5.41) is 6.63. The second-order valence-electron chi connectivity index (χ2n) is 6.08. The lowest BCUT2D eigenvalue weighted by Crippen LogP contribution is -2.45. The van der Waals surface area contributed by atoms with Gasteiger partial charge in [-0.3, -0.25) is 9.89 Å². The van der Waals surface area contributed by atoms with Gasteiger partial charge < -0.3 is 10.6 Å². The molecule has 1 atom stereocenters. The standard InChI is InChI=1S/C21H32N4/c1-5-6-7-11-20(13-15-23-4)17-25-16-9-12-21(18-25)24-19(2)10-8-14-22-3/h6-8,10-11,13,15,21-22,24H,1-2,9,12,14,16-18H2,3-4H3/b10-8+,11-7+,20-13+,23-15?. The van der Waals surface area contributed by atoms with Crippen LogP contribution >= 0.6 is 0 Å². The average Bonchev–Trinajstić information content (AvgIpc) is 2.60. The predicted molar refractivity (Wildman–Crippen MR) is 110 cm³/mol. The van der Waals surface area contributed by atoms with E-state index < -0.39 is 0 Å². The van der Waals surface area contributed by atoms with Crippen molar-refractivity contribution < 1.29 is 0 Å². The van der Waals surface area contributed by atoms with Crippen molar-refractivity contribution in [1.82, 2.24) is 15.5 Å². The van der Waals surface area contributed by atoms with Crippen LogP contribution in [0.3, 0.4) is 0 Å². The number of aliphatic imine (C=N–C) groups is 1. The number of rotatable bonds is 10. The van der Waals surface area contributed by atoms with Gasteiger partial charge in [0.15, 0.2) is 0 Å². The summed E-state index contributed by atoms with van der Waals surface area (Å²) in [6, 6.07) is 0.443. The number of likely N-dealkylation sites (N-methyl/N-ethyl adjacent to an activating group) is 1. The molecule has 0 aromatic rings. The third-order valence-corrected chi connectivity index (χ3v) is 3.90. The van der Waals surface area contributed by atoms with Crippen molar-refractivity contribution in [1.29, 1.82) is 0 Å². The van der Waals surface area contributed by atoms with Crippen LogP contribution in [-0.4, -0.2) is 57.4 Å². The zero-order chi connectivity index (χ0) is 18.3. The first kappa shape index (κ1) is 20.9. The summed E-state index contributed by atoms with van der Waals surface area (Å²) in [4.78, 5) is 6.53. The van der Waals surface area contributed by atoms with Crippen molar-refractivity contribution in [2.24, 2.45) is 4.99 Å².